The maximum Gasteiger partial charge on any atom is 0.303 e. The van der Waals surface area contributed by atoms with Crippen LogP contribution in [0.1, 0.15) is 51.9 Å². The minimum absolute atomic E-state index is 0.162. The van der Waals surface area contributed by atoms with E-state index in [-0.39, 0.29) is 12.3 Å². The molecule has 1 aliphatic heterocycles. The fraction of sp³-hybridized carbons (Fsp3) is 0.867. The number of amides is 1. The molecule has 5 heteroatoms. The summed E-state index contributed by atoms with van der Waals surface area (Å²) in [6.07, 6.45) is 5.78. The molecule has 0 spiro atoms. The highest BCUT2D eigenvalue weighted by Gasteiger charge is 2.17. The van der Waals surface area contributed by atoms with Crippen LogP contribution in [0.25, 0.3) is 0 Å². The van der Waals surface area contributed by atoms with Crippen molar-refractivity contribution in [1.29, 1.82) is 0 Å². The van der Waals surface area contributed by atoms with Crippen LogP contribution in [0.3, 0.4) is 0 Å². The third kappa shape index (κ3) is 7.78. The zero-order chi connectivity index (χ0) is 14.8. The van der Waals surface area contributed by atoms with Crippen molar-refractivity contribution in [2.75, 3.05) is 18.1 Å². The van der Waals surface area contributed by atoms with E-state index in [2.05, 4.69) is 12.2 Å². The quantitative estimate of drug-likeness (QED) is 0.687. The van der Waals surface area contributed by atoms with Crippen LogP contribution in [0, 0.1) is 11.8 Å². The van der Waals surface area contributed by atoms with Gasteiger partial charge in [0.2, 0.25) is 5.91 Å². The smallest absolute Gasteiger partial charge is 0.303 e. The SMILES string of the molecule is CCC(CCNC(=O)CC1CCSCC1)CCC(=O)O. The van der Waals surface area contributed by atoms with Crippen LogP contribution in [-0.2, 0) is 9.59 Å². The summed E-state index contributed by atoms with van der Waals surface area (Å²) in [6, 6.07) is 0. The second-order valence-corrected chi connectivity index (χ2v) is 6.83. The minimum Gasteiger partial charge on any atom is -0.481 e. The summed E-state index contributed by atoms with van der Waals surface area (Å²) in [4.78, 5) is 22.4. The Morgan fingerprint density at radius 1 is 1.30 bits per heavy atom. The van der Waals surface area contributed by atoms with Gasteiger partial charge in [0.15, 0.2) is 0 Å². The molecule has 1 rings (SSSR count). The van der Waals surface area contributed by atoms with Gasteiger partial charge in [0, 0.05) is 19.4 Å². The van der Waals surface area contributed by atoms with Crippen LogP contribution in [0.2, 0.25) is 0 Å². The third-order valence-electron chi connectivity index (χ3n) is 4.03. The van der Waals surface area contributed by atoms with E-state index >= 15 is 0 Å². The van der Waals surface area contributed by atoms with E-state index in [1.807, 2.05) is 11.8 Å². The van der Waals surface area contributed by atoms with Gasteiger partial charge in [-0.15, -0.1) is 0 Å². The molecule has 4 nitrogen and oxygen atoms in total. The highest BCUT2D eigenvalue weighted by atomic mass is 32.2. The summed E-state index contributed by atoms with van der Waals surface area (Å²) in [5, 5.41) is 11.7. The molecule has 1 aliphatic rings. The Morgan fingerprint density at radius 2 is 2.00 bits per heavy atom. The van der Waals surface area contributed by atoms with Crippen molar-refractivity contribution >= 4 is 23.6 Å². The lowest BCUT2D eigenvalue weighted by atomic mass is 9.96. The molecule has 1 atom stereocenters. The van der Waals surface area contributed by atoms with E-state index < -0.39 is 5.97 Å². The van der Waals surface area contributed by atoms with Gasteiger partial charge in [0.05, 0.1) is 0 Å². The summed E-state index contributed by atoms with van der Waals surface area (Å²) in [5.74, 6) is 2.76. The standard InChI is InChI=1S/C15H27NO3S/c1-2-12(3-4-15(18)19)5-8-16-14(17)11-13-6-9-20-10-7-13/h12-13H,2-11H2,1H3,(H,16,17)(H,18,19). The van der Waals surface area contributed by atoms with E-state index in [0.717, 1.165) is 25.7 Å². The maximum atomic E-state index is 11.8. The Morgan fingerprint density at radius 3 is 2.60 bits per heavy atom. The fourth-order valence-electron chi connectivity index (χ4n) is 2.58. The van der Waals surface area contributed by atoms with E-state index in [4.69, 9.17) is 5.11 Å². The molecule has 116 valence electrons. The predicted octanol–water partition coefficient (Wildman–Crippen LogP) is 2.92. The fourth-order valence-corrected chi connectivity index (χ4v) is 3.78. The molecular formula is C15H27NO3S. The molecular weight excluding hydrogens is 274 g/mol. The number of rotatable bonds is 9. The average molecular weight is 301 g/mol. The molecule has 0 aliphatic carbocycles. The second kappa shape index (κ2) is 10.1. The summed E-state index contributed by atoms with van der Waals surface area (Å²) in [7, 11) is 0. The number of carbonyl (C=O) groups is 2. The van der Waals surface area contributed by atoms with Crippen molar-refractivity contribution in [1.82, 2.24) is 5.32 Å². The molecule has 1 amide bonds. The zero-order valence-corrected chi connectivity index (χ0v) is 13.2. The molecule has 0 saturated carbocycles. The Hall–Kier alpha value is -0.710. The van der Waals surface area contributed by atoms with Gasteiger partial charge in [-0.2, -0.15) is 11.8 Å². The third-order valence-corrected chi connectivity index (χ3v) is 5.08. The van der Waals surface area contributed by atoms with Crippen molar-refractivity contribution in [3.63, 3.8) is 0 Å². The van der Waals surface area contributed by atoms with Crippen molar-refractivity contribution in [2.45, 2.75) is 51.9 Å². The molecule has 1 saturated heterocycles. The van der Waals surface area contributed by atoms with Crippen LogP contribution in [0.15, 0.2) is 0 Å². The van der Waals surface area contributed by atoms with E-state index in [1.165, 1.54) is 11.5 Å². The summed E-state index contributed by atoms with van der Waals surface area (Å²) in [5.41, 5.74) is 0. The van der Waals surface area contributed by atoms with Gasteiger partial charge in [0.1, 0.15) is 0 Å². The lowest BCUT2D eigenvalue weighted by Crippen LogP contribution is -2.28. The molecule has 1 heterocycles. The number of hydrogen-bond donors (Lipinski definition) is 2. The molecule has 1 fully saturated rings. The van der Waals surface area contributed by atoms with Crippen LogP contribution in [0.5, 0.6) is 0 Å². The van der Waals surface area contributed by atoms with Gasteiger partial charge in [-0.1, -0.05) is 13.3 Å². The van der Waals surface area contributed by atoms with Crippen molar-refractivity contribution in [3.8, 4) is 0 Å². The highest BCUT2D eigenvalue weighted by molar-refractivity contribution is 7.99. The van der Waals surface area contributed by atoms with Crippen molar-refractivity contribution in [3.05, 3.63) is 0 Å². The first-order chi connectivity index (χ1) is 9.61. The molecule has 0 aromatic carbocycles. The number of carbonyl (C=O) groups excluding carboxylic acids is 1. The maximum absolute atomic E-state index is 11.8. The van der Waals surface area contributed by atoms with Gasteiger partial charge >= 0.3 is 5.97 Å². The normalized spacial score (nSPS) is 17.6. The van der Waals surface area contributed by atoms with E-state index in [0.29, 0.717) is 31.2 Å². The van der Waals surface area contributed by atoms with Crippen LogP contribution >= 0.6 is 11.8 Å². The monoisotopic (exact) mass is 301 g/mol. The molecule has 0 bridgehead atoms. The lowest BCUT2D eigenvalue weighted by Gasteiger charge is -2.21. The lowest BCUT2D eigenvalue weighted by molar-refractivity contribution is -0.137. The minimum atomic E-state index is -0.734. The average Bonchev–Trinajstić information content (AvgIpc) is 2.43. The summed E-state index contributed by atoms with van der Waals surface area (Å²) >= 11 is 1.98. The number of carboxylic acid groups (broad SMARTS) is 1. The Kier molecular flexibility index (Phi) is 8.74. The van der Waals surface area contributed by atoms with Gasteiger partial charge < -0.3 is 10.4 Å². The summed E-state index contributed by atoms with van der Waals surface area (Å²) in [6.45, 7) is 2.76. The molecule has 20 heavy (non-hydrogen) atoms. The topological polar surface area (TPSA) is 66.4 Å². The van der Waals surface area contributed by atoms with Crippen LogP contribution in [0.4, 0.5) is 0 Å². The molecule has 1 unspecified atom stereocenters. The highest BCUT2D eigenvalue weighted by Crippen LogP contribution is 2.25. The molecule has 2 N–H and O–H groups in total. The Bertz CT molecular complexity index is 303. The zero-order valence-electron chi connectivity index (χ0n) is 12.4. The van der Waals surface area contributed by atoms with E-state index in [1.54, 1.807) is 0 Å². The second-order valence-electron chi connectivity index (χ2n) is 5.61. The first-order valence-electron chi connectivity index (χ1n) is 7.68. The van der Waals surface area contributed by atoms with E-state index in [9.17, 15) is 9.59 Å². The van der Waals surface area contributed by atoms with Gasteiger partial charge in [-0.25, -0.2) is 0 Å². The first kappa shape index (κ1) is 17.3. The Balaban J connectivity index is 2.11. The largest absolute Gasteiger partial charge is 0.481 e. The van der Waals surface area contributed by atoms with Crippen molar-refractivity contribution < 1.29 is 14.7 Å². The number of carboxylic acids is 1. The van der Waals surface area contributed by atoms with Gasteiger partial charge in [-0.3, -0.25) is 9.59 Å². The van der Waals surface area contributed by atoms with Gasteiger partial charge in [0.25, 0.3) is 0 Å². The summed E-state index contributed by atoms with van der Waals surface area (Å²) < 4.78 is 0. The predicted molar refractivity (Wildman–Crippen MR) is 82.9 cm³/mol. The van der Waals surface area contributed by atoms with Crippen molar-refractivity contribution in [2.24, 2.45) is 11.8 Å². The molecule has 0 radical (unpaired) electrons. The number of hydrogen-bond acceptors (Lipinski definition) is 3. The Labute approximate surface area is 126 Å². The number of nitrogens with one attached hydrogen (secondary N) is 1. The molecule has 0 aromatic heterocycles. The first-order valence-corrected chi connectivity index (χ1v) is 8.83. The van der Waals surface area contributed by atoms with Crippen LogP contribution in [-0.4, -0.2) is 35.0 Å². The molecule has 0 aromatic rings. The van der Waals surface area contributed by atoms with Gasteiger partial charge in [-0.05, 0) is 49.0 Å². The number of thioether (sulfide) groups is 1. The van der Waals surface area contributed by atoms with Crippen LogP contribution < -0.4 is 5.32 Å². The number of aliphatic carboxylic acids is 1.